The molecule has 0 unspecified atom stereocenters. The van der Waals surface area contributed by atoms with Crippen molar-refractivity contribution in [2.24, 2.45) is 0 Å². The third-order valence-corrected chi connectivity index (χ3v) is 6.38. The van der Waals surface area contributed by atoms with Gasteiger partial charge in [-0.15, -0.1) is 0 Å². The van der Waals surface area contributed by atoms with Crippen LogP contribution < -0.4 is 15.4 Å². The van der Waals surface area contributed by atoms with Crippen LogP contribution in [-0.4, -0.2) is 11.9 Å². The number of carbonyl (C=O) groups is 2. The van der Waals surface area contributed by atoms with Crippen molar-refractivity contribution in [3.05, 3.63) is 83.7 Å². The molecule has 0 aromatic heterocycles. The number of ether oxygens (including phenoxy) is 1. The molecule has 3 rings (SSSR count). The molecule has 166 valence electrons. The van der Waals surface area contributed by atoms with Crippen molar-refractivity contribution < 1.29 is 14.3 Å². The summed E-state index contributed by atoms with van der Waals surface area (Å²) in [5.41, 5.74) is 1.74. The first-order chi connectivity index (χ1) is 15.1. The summed E-state index contributed by atoms with van der Waals surface area (Å²) in [6, 6.07) is 10.7. The first kappa shape index (κ1) is 24.7. The summed E-state index contributed by atoms with van der Waals surface area (Å²) < 4.78 is 6.36. The molecule has 0 spiro atoms. The summed E-state index contributed by atoms with van der Waals surface area (Å²) >= 11 is 27.9. The third-order valence-electron chi connectivity index (χ3n) is 4.42. The molecule has 0 aliphatic carbocycles. The predicted octanol–water partition coefficient (Wildman–Crippen LogP) is 8.43. The van der Waals surface area contributed by atoms with Crippen LogP contribution in [0.25, 0.3) is 0 Å². The first-order valence-electron chi connectivity index (χ1n) is 9.07. The van der Waals surface area contributed by atoms with Gasteiger partial charge in [0.2, 0.25) is 0 Å². The Labute approximate surface area is 213 Å². The van der Waals surface area contributed by atoms with Gasteiger partial charge in [0.25, 0.3) is 5.91 Å². The van der Waals surface area contributed by atoms with Crippen LogP contribution in [0.2, 0.25) is 20.1 Å². The van der Waals surface area contributed by atoms with Gasteiger partial charge in [-0.05, 0) is 77.3 Å². The summed E-state index contributed by atoms with van der Waals surface area (Å²) in [5.74, 6) is 0.114. The van der Waals surface area contributed by atoms with Crippen molar-refractivity contribution >= 4 is 80.0 Å². The molecular formula is C22H15BrCl4N2O3. The van der Waals surface area contributed by atoms with Gasteiger partial charge < -0.3 is 10.1 Å². The van der Waals surface area contributed by atoms with E-state index in [1.165, 1.54) is 0 Å². The van der Waals surface area contributed by atoms with Crippen LogP contribution in [0.5, 0.6) is 11.5 Å². The van der Waals surface area contributed by atoms with Crippen LogP contribution in [-0.2, 0) is 0 Å². The number of hydrogen-bond acceptors (Lipinski definition) is 3. The highest BCUT2D eigenvalue weighted by atomic mass is 79.9. The monoisotopic (exact) mass is 574 g/mol. The summed E-state index contributed by atoms with van der Waals surface area (Å²) in [7, 11) is 0. The fraction of sp³-hybridized carbons (Fsp3) is 0.0909. The minimum atomic E-state index is -0.741. The van der Waals surface area contributed by atoms with Gasteiger partial charge in [0, 0.05) is 15.2 Å². The van der Waals surface area contributed by atoms with Crippen molar-refractivity contribution in [3.8, 4) is 11.5 Å². The Bertz CT molecular complexity index is 1210. The zero-order valence-electron chi connectivity index (χ0n) is 16.7. The first-order valence-corrected chi connectivity index (χ1v) is 11.4. The zero-order chi connectivity index (χ0) is 23.6. The number of benzene rings is 3. The van der Waals surface area contributed by atoms with Gasteiger partial charge in [-0.25, -0.2) is 4.79 Å². The number of rotatable bonds is 4. The van der Waals surface area contributed by atoms with E-state index in [1.807, 2.05) is 0 Å². The van der Waals surface area contributed by atoms with Gasteiger partial charge >= 0.3 is 6.03 Å². The van der Waals surface area contributed by atoms with E-state index >= 15 is 0 Å². The van der Waals surface area contributed by atoms with E-state index in [-0.39, 0.29) is 15.6 Å². The fourth-order valence-corrected chi connectivity index (χ4v) is 4.47. The average Bonchev–Trinajstić information content (AvgIpc) is 2.70. The fourth-order valence-electron chi connectivity index (χ4n) is 2.81. The number of imide groups is 1. The van der Waals surface area contributed by atoms with E-state index in [4.69, 9.17) is 51.1 Å². The lowest BCUT2D eigenvalue weighted by Gasteiger charge is -2.17. The molecule has 0 saturated carbocycles. The topological polar surface area (TPSA) is 67.4 Å². The molecule has 0 radical (unpaired) electrons. The molecule has 0 saturated heterocycles. The molecule has 0 aliphatic heterocycles. The minimum Gasteiger partial charge on any atom is -0.454 e. The van der Waals surface area contributed by atoms with E-state index in [0.717, 1.165) is 0 Å². The van der Waals surface area contributed by atoms with Crippen LogP contribution in [0, 0.1) is 13.8 Å². The number of halogens is 5. The summed E-state index contributed by atoms with van der Waals surface area (Å²) in [6.07, 6.45) is 0. The quantitative estimate of drug-likeness (QED) is 0.327. The SMILES string of the molecule is Cc1cc(NC(=O)NC(=O)c2c(Cl)cccc2Br)c(C)c(Cl)c1Oc1ccc(Cl)cc1Cl. The van der Waals surface area contributed by atoms with Gasteiger partial charge in [-0.3, -0.25) is 10.1 Å². The summed E-state index contributed by atoms with van der Waals surface area (Å²) in [6.45, 7) is 3.47. The molecule has 5 nitrogen and oxygen atoms in total. The maximum Gasteiger partial charge on any atom is 0.326 e. The smallest absolute Gasteiger partial charge is 0.326 e. The predicted molar refractivity (Wildman–Crippen MR) is 133 cm³/mol. The maximum absolute atomic E-state index is 12.5. The number of amides is 3. The molecule has 0 bridgehead atoms. The van der Waals surface area contributed by atoms with Gasteiger partial charge in [-0.1, -0.05) is 52.5 Å². The normalized spacial score (nSPS) is 10.6. The number of hydrogen-bond donors (Lipinski definition) is 2. The van der Waals surface area contributed by atoms with Gasteiger partial charge in [0.15, 0.2) is 0 Å². The van der Waals surface area contributed by atoms with Crippen LogP contribution in [0.1, 0.15) is 21.5 Å². The minimum absolute atomic E-state index is 0.152. The Morgan fingerprint density at radius 2 is 1.69 bits per heavy atom. The summed E-state index contributed by atoms with van der Waals surface area (Å²) in [5, 5.41) is 6.18. The van der Waals surface area contributed by atoms with Crippen LogP contribution in [0.4, 0.5) is 10.5 Å². The van der Waals surface area contributed by atoms with Gasteiger partial charge in [-0.2, -0.15) is 0 Å². The third kappa shape index (κ3) is 5.50. The molecule has 3 aromatic rings. The lowest BCUT2D eigenvalue weighted by atomic mass is 10.1. The zero-order valence-corrected chi connectivity index (χ0v) is 21.3. The lowest BCUT2D eigenvalue weighted by Crippen LogP contribution is -2.35. The Balaban J connectivity index is 1.80. The highest BCUT2D eigenvalue weighted by Gasteiger charge is 2.20. The molecule has 3 aromatic carbocycles. The Morgan fingerprint density at radius 3 is 2.34 bits per heavy atom. The second-order valence-electron chi connectivity index (χ2n) is 6.69. The molecule has 0 atom stereocenters. The summed E-state index contributed by atoms with van der Waals surface area (Å²) in [4.78, 5) is 24.9. The van der Waals surface area contributed by atoms with Crippen LogP contribution in [0.15, 0.2) is 46.9 Å². The maximum atomic E-state index is 12.5. The number of nitrogens with one attached hydrogen (secondary N) is 2. The van der Waals surface area contributed by atoms with Crippen molar-refractivity contribution in [3.63, 3.8) is 0 Å². The highest BCUT2D eigenvalue weighted by Crippen LogP contribution is 2.41. The van der Waals surface area contributed by atoms with Gasteiger partial charge in [0.05, 0.1) is 20.6 Å². The van der Waals surface area contributed by atoms with Crippen molar-refractivity contribution in [1.29, 1.82) is 0 Å². The molecule has 3 amide bonds. The standard InChI is InChI=1S/C22H15BrCl4N2O3/c1-10-8-16(28-22(31)29-21(30)18-13(23)4-3-5-14(18)25)11(2)19(27)20(10)32-17-7-6-12(24)9-15(17)26/h3-9H,1-2H3,(H2,28,29,30,31). The van der Waals surface area contributed by atoms with E-state index in [9.17, 15) is 9.59 Å². The van der Waals surface area contributed by atoms with Gasteiger partial charge in [0.1, 0.15) is 11.5 Å². The highest BCUT2D eigenvalue weighted by molar-refractivity contribution is 9.10. The Morgan fingerprint density at radius 1 is 0.969 bits per heavy atom. The Hall–Kier alpha value is -1.96. The molecular weight excluding hydrogens is 562 g/mol. The Kier molecular flexibility index (Phi) is 7.96. The van der Waals surface area contributed by atoms with Crippen LogP contribution in [0.3, 0.4) is 0 Å². The van der Waals surface area contributed by atoms with Crippen molar-refractivity contribution in [1.82, 2.24) is 5.32 Å². The lowest BCUT2D eigenvalue weighted by molar-refractivity contribution is 0.0966. The molecule has 32 heavy (non-hydrogen) atoms. The van der Waals surface area contributed by atoms with Crippen molar-refractivity contribution in [2.45, 2.75) is 13.8 Å². The second kappa shape index (κ2) is 10.3. The molecule has 0 fully saturated rings. The van der Waals surface area contributed by atoms with Crippen molar-refractivity contribution in [2.75, 3.05) is 5.32 Å². The van der Waals surface area contributed by atoms with Crippen LogP contribution >= 0.6 is 62.3 Å². The second-order valence-corrected chi connectivity index (χ2v) is 9.17. The van der Waals surface area contributed by atoms with E-state index < -0.39 is 11.9 Å². The van der Waals surface area contributed by atoms with E-state index in [2.05, 4.69) is 26.6 Å². The molecule has 0 aliphatic rings. The van der Waals surface area contributed by atoms with E-state index in [1.54, 1.807) is 56.3 Å². The van der Waals surface area contributed by atoms with E-state index in [0.29, 0.717) is 42.8 Å². The largest absolute Gasteiger partial charge is 0.454 e. The molecule has 2 N–H and O–H groups in total. The number of urea groups is 1. The number of anilines is 1. The molecule has 0 heterocycles. The average molecular weight is 577 g/mol. The number of carbonyl (C=O) groups excluding carboxylic acids is 2. The molecule has 10 heteroatoms. The number of aryl methyl sites for hydroxylation is 1.